The molecule has 0 saturated carbocycles. The van der Waals surface area contributed by atoms with Crippen molar-refractivity contribution in [3.63, 3.8) is 0 Å². The Bertz CT molecular complexity index is 2750. The zero-order valence-electron chi connectivity index (χ0n) is 33.1. The van der Waals surface area contributed by atoms with E-state index in [1.807, 2.05) is 0 Å². The van der Waals surface area contributed by atoms with E-state index in [9.17, 15) is 0 Å². The molecule has 57 heavy (non-hydrogen) atoms. The normalized spacial score (nSPS) is 16.0. The lowest BCUT2D eigenvalue weighted by atomic mass is 9.72. The minimum atomic E-state index is -0.195. The second kappa shape index (κ2) is 13.5. The van der Waals surface area contributed by atoms with Crippen molar-refractivity contribution < 1.29 is 0 Å². The molecule has 2 nitrogen and oxygen atoms in total. The van der Waals surface area contributed by atoms with E-state index in [1.54, 1.807) is 0 Å². The third-order valence-electron chi connectivity index (χ3n) is 12.8. The quantitative estimate of drug-likeness (QED) is 0.161. The largest absolute Gasteiger partial charge is 0.311 e. The zero-order chi connectivity index (χ0) is 38.7. The van der Waals surface area contributed by atoms with Crippen LogP contribution in [0.25, 0.3) is 33.4 Å². The van der Waals surface area contributed by atoms with Crippen molar-refractivity contribution >= 4 is 34.1 Å². The molecule has 0 saturated heterocycles. The fourth-order valence-electron chi connectivity index (χ4n) is 9.51. The van der Waals surface area contributed by atoms with Gasteiger partial charge in [-0.2, -0.15) is 0 Å². The third-order valence-corrected chi connectivity index (χ3v) is 12.8. The zero-order valence-corrected chi connectivity index (χ0v) is 33.1. The van der Waals surface area contributed by atoms with E-state index in [0.717, 1.165) is 23.5 Å². The van der Waals surface area contributed by atoms with Gasteiger partial charge in [-0.05, 0) is 129 Å². The van der Waals surface area contributed by atoms with Crippen LogP contribution in [-0.2, 0) is 10.8 Å². The highest BCUT2D eigenvalue weighted by molar-refractivity contribution is 5.91. The number of fused-ring (bicyclic) bond motifs is 5. The second-order valence-electron chi connectivity index (χ2n) is 16.3. The molecular formula is C55H46N2. The third kappa shape index (κ3) is 5.62. The van der Waals surface area contributed by atoms with Crippen molar-refractivity contribution in [1.82, 2.24) is 0 Å². The summed E-state index contributed by atoms with van der Waals surface area (Å²) in [5.74, 6) is 0. The fraction of sp³-hybridized carbons (Fsp3) is 0.127. The van der Waals surface area contributed by atoms with Crippen LogP contribution in [0.5, 0.6) is 0 Å². The Balaban J connectivity index is 1.03. The molecule has 0 aromatic heterocycles. The van der Waals surface area contributed by atoms with Crippen LogP contribution >= 0.6 is 0 Å². The number of para-hydroxylation sites is 2. The second-order valence-corrected chi connectivity index (χ2v) is 16.3. The lowest BCUT2D eigenvalue weighted by molar-refractivity contribution is 0.564. The predicted octanol–water partition coefficient (Wildman–Crippen LogP) is 15.3. The molecule has 0 N–H and O–H groups in total. The molecule has 2 heteroatoms. The maximum atomic E-state index is 2.50. The highest BCUT2D eigenvalue weighted by atomic mass is 15.2. The molecule has 0 fully saturated rings. The van der Waals surface area contributed by atoms with Crippen LogP contribution in [0.1, 0.15) is 56.4 Å². The molecule has 0 amide bonds. The van der Waals surface area contributed by atoms with E-state index in [0.29, 0.717) is 0 Å². The molecular weight excluding hydrogens is 689 g/mol. The number of nitrogens with zero attached hydrogens (tertiary/aromatic N) is 2. The summed E-state index contributed by atoms with van der Waals surface area (Å²) in [6.45, 7) is 9.50. The highest BCUT2D eigenvalue weighted by Gasteiger charge is 2.40. The number of rotatable bonds is 7. The van der Waals surface area contributed by atoms with E-state index in [1.165, 1.54) is 72.7 Å². The molecule has 1 aliphatic carbocycles. The first-order chi connectivity index (χ1) is 27.8. The first kappa shape index (κ1) is 34.8. The lowest BCUT2D eigenvalue weighted by Crippen LogP contribution is -2.30. The summed E-state index contributed by atoms with van der Waals surface area (Å²) in [6.07, 6.45) is 1.05. The van der Waals surface area contributed by atoms with Crippen molar-refractivity contribution in [3.05, 3.63) is 216 Å². The molecule has 276 valence electrons. The van der Waals surface area contributed by atoms with Gasteiger partial charge in [-0.15, -0.1) is 0 Å². The van der Waals surface area contributed by atoms with Crippen LogP contribution in [0.2, 0.25) is 0 Å². The molecule has 2 aliphatic rings. The average Bonchev–Trinajstić information content (AvgIpc) is 3.52. The molecule has 8 aromatic carbocycles. The molecule has 10 rings (SSSR count). The first-order valence-electron chi connectivity index (χ1n) is 20.2. The van der Waals surface area contributed by atoms with Gasteiger partial charge in [-0.3, -0.25) is 0 Å². The van der Waals surface area contributed by atoms with Gasteiger partial charge in [-0.25, -0.2) is 0 Å². The molecule has 8 aromatic rings. The summed E-state index contributed by atoms with van der Waals surface area (Å²) < 4.78 is 0. The summed E-state index contributed by atoms with van der Waals surface area (Å²) in [7, 11) is 0. The summed E-state index contributed by atoms with van der Waals surface area (Å²) >= 11 is 0. The van der Waals surface area contributed by atoms with Crippen LogP contribution in [0.4, 0.5) is 34.1 Å². The Kier molecular flexibility index (Phi) is 8.27. The summed E-state index contributed by atoms with van der Waals surface area (Å²) in [4.78, 5) is 4.84. The summed E-state index contributed by atoms with van der Waals surface area (Å²) in [5.41, 5.74) is 19.9. The number of hydrogen-bond acceptors (Lipinski definition) is 2. The van der Waals surface area contributed by atoms with E-state index in [-0.39, 0.29) is 10.8 Å². The Labute approximate surface area is 337 Å². The van der Waals surface area contributed by atoms with Gasteiger partial charge in [0.15, 0.2) is 0 Å². The predicted molar refractivity (Wildman–Crippen MR) is 241 cm³/mol. The van der Waals surface area contributed by atoms with Gasteiger partial charge < -0.3 is 9.80 Å². The Morgan fingerprint density at radius 2 is 0.912 bits per heavy atom. The lowest BCUT2D eigenvalue weighted by Gasteiger charge is -2.42. The number of hydrogen-bond donors (Lipinski definition) is 0. The Morgan fingerprint density at radius 1 is 0.404 bits per heavy atom. The molecule has 1 atom stereocenters. The Hall–Kier alpha value is -6.64. The first-order valence-corrected chi connectivity index (χ1v) is 20.2. The van der Waals surface area contributed by atoms with E-state index in [2.05, 4.69) is 232 Å². The van der Waals surface area contributed by atoms with Gasteiger partial charge in [0.2, 0.25) is 0 Å². The van der Waals surface area contributed by atoms with Crippen LogP contribution in [-0.4, -0.2) is 0 Å². The van der Waals surface area contributed by atoms with E-state index < -0.39 is 0 Å². The number of benzene rings is 8. The van der Waals surface area contributed by atoms with Gasteiger partial charge >= 0.3 is 0 Å². The molecule has 0 bridgehead atoms. The SMILES string of the molecule is CCC1(C)c2ccccc2-c2ccc(N3c4ccccc4C(C)(C)c4cc(-c5ccc(N(c6ccccc6)c6ccc(-c7ccccc7)cc6)cc5)ccc43)cc21. The van der Waals surface area contributed by atoms with Crippen LogP contribution < -0.4 is 9.80 Å². The monoisotopic (exact) mass is 734 g/mol. The summed E-state index contributed by atoms with van der Waals surface area (Å²) in [5, 5.41) is 0. The van der Waals surface area contributed by atoms with Crippen molar-refractivity contribution in [2.45, 2.75) is 44.9 Å². The smallest absolute Gasteiger partial charge is 0.0503 e. The van der Waals surface area contributed by atoms with E-state index >= 15 is 0 Å². The average molecular weight is 735 g/mol. The fourth-order valence-corrected chi connectivity index (χ4v) is 9.51. The highest BCUT2D eigenvalue weighted by Crippen LogP contribution is 2.56. The minimum absolute atomic E-state index is 0.0307. The van der Waals surface area contributed by atoms with Gasteiger partial charge in [0, 0.05) is 33.6 Å². The minimum Gasteiger partial charge on any atom is -0.311 e. The molecule has 1 aliphatic heterocycles. The molecule has 1 heterocycles. The van der Waals surface area contributed by atoms with Crippen molar-refractivity contribution in [2.75, 3.05) is 9.80 Å². The van der Waals surface area contributed by atoms with Crippen molar-refractivity contribution in [2.24, 2.45) is 0 Å². The van der Waals surface area contributed by atoms with Crippen molar-refractivity contribution in [1.29, 1.82) is 0 Å². The topological polar surface area (TPSA) is 6.48 Å². The van der Waals surface area contributed by atoms with Gasteiger partial charge in [-0.1, -0.05) is 155 Å². The number of anilines is 6. The maximum absolute atomic E-state index is 2.50. The molecule has 1 unspecified atom stereocenters. The Morgan fingerprint density at radius 3 is 1.60 bits per heavy atom. The summed E-state index contributed by atoms with van der Waals surface area (Å²) in [6, 6.07) is 71.4. The van der Waals surface area contributed by atoms with Gasteiger partial charge in [0.05, 0.1) is 11.4 Å². The standard InChI is InChI=1S/C55H46N2/c1-5-55(4)48-21-13-12-20-46(48)47-34-33-45(37-50(47)55)57-52-23-15-14-22-49(52)54(2,3)51-36-41(28-35-53(51)57)40-26-31-44(32-27-40)56(42-18-10-7-11-19-42)43-29-24-39(25-30-43)38-16-8-6-9-17-38/h6-37H,5H2,1-4H3. The van der Waals surface area contributed by atoms with Crippen LogP contribution in [0.3, 0.4) is 0 Å². The van der Waals surface area contributed by atoms with E-state index in [4.69, 9.17) is 0 Å². The van der Waals surface area contributed by atoms with Gasteiger partial charge in [0.1, 0.15) is 0 Å². The van der Waals surface area contributed by atoms with Crippen molar-refractivity contribution in [3.8, 4) is 33.4 Å². The molecule has 0 spiro atoms. The van der Waals surface area contributed by atoms with Gasteiger partial charge in [0.25, 0.3) is 0 Å². The maximum Gasteiger partial charge on any atom is 0.0503 e. The van der Waals surface area contributed by atoms with Crippen LogP contribution in [0.15, 0.2) is 194 Å². The van der Waals surface area contributed by atoms with Crippen LogP contribution in [0, 0.1) is 0 Å². The molecule has 0 radical (unpaired) electrons.